The van der Waals surface area contributed by atoms with E-state index >= 15 is 0 Å². The molecule has 1 N–H and O–H groups in total. The van der Waals surface area contributed by atoms with Crippen molar-refractivity contribution in [3.05, 3.63) is 0 Å². The van der Waals surface area contributed by atoms with Gasteiger partial charge in [0.25, 0.3) is 5.91 Å². The number of piperidine rings is 1. The largest absolute Gasteiger partial charge is 0.344 e. The standard InChI is InChI=1S/C12H20N2O/c1-3-6-12(15)13-8-10-14-9-5-4-7-11(14)2/h11H,4-5,7-10H2,1-2H3,(H,13,15). The van der Waals surface area contributed by atoms with Gasteiger partial charge in [0.15, 0.2) is 0 Å². The van der Waals surface area contributed by atoms with Crippen LogP contribution in [0.1, 0.15) is 33.1 Å². The van der Waals surface area contributed by atoms with E-state index in [4.69, 9.17) is 0 Å². The number of amides is 1. The van der Waals surface area contributed by atoms with E-state index in [2.05, 4.69) is 29.0 Å². The Hall–Kier alpha value is -1.01. The van der Waals surface area contributed by atoms with Gasteiger partial charge in [-0.15, -0.1) is 0 Å². The SMILES string of the molecule is CC#CC(=O)NCCN1CCCCC1C. The van der Waals surface area contributed by atoms with E-state index in [1.165, 1.54) is 19.3 Å². The lowest BCUT2D eigenvalue weighted by Crippen LogP contribution is -2.42. The van der Waals surface area contributed by atoms with Gasteiger partial charge in [-0.1, -0.05) is 12.3 Å². The number of likely N-dealkylation sites (tertiary alicyclic amines) is 1. The second-order valence-corrected chi connectivity index (χ2v) is 4.01. The van der Waals surface area contributed by atoms with Crippen LogP contribution in [-0.4, -0.2) is 36.5 Å². The highest BCUT2D eigenvalue weighted by Crippen LogP contribution is 2.15. The van der Waals surface area contributed by atoms with Crippen molar-refractivity contribution in [3.8, 4) is 11.8 Å². The maximum Gasteiger partial charge on any atom is 0.295 e. The lowest BCUT2D eigenvalue weighted by Gasteiger charge is -2.33. The number of nitrogens with one attached hydrogen (secondary N) is 1. The number of carbonyl (C=O) groups excluding carboxylic acids is 1. The molecule has 1 amide bonds. The number of carbonyl (C=O) groups is 1. The average Bonchev–Trinajstić information content (AvgIpc) is 2.21. The molecule has 1 unspecified atom stereocenters. The molecular weight excluding hydrogens is 188 g/mol. The molecule has 0 bridgehead atoms. The molecule has 1 heterocycles. The molecule has 84 valence electrons. The highest BCUT2D eigenvalue weighted by Gasteiger charge is 2.17. The molecule has 0 aromatic rings. The summed E-state index contributed by atoms with van der Waals surface area (Å²) in [6, 6.07) is 0.660. The van der Waals surface area contributed by atoms with Crippen LogP contribution in [0, 0.1) is 11.8 Å². The first-order valence-corrected chi connectivity index (χ1v) is 5.68. The quantitative estimate of drug-likeness (QED) is 0.702. The normalized spacial score (nSPS) is 21.6. The number of hydrogen-bond acceptors (Lipinski definition) is 2. The summed E-state index contributed by atoms with van der Waals surface area (Å²) in [5.41, 5.74) is 0. The summed E-state index contributed by atoms with van der Waals surface area (Å²) in [6.45, 7) is 6.74. The van der Waals surface area contributed by atoms with Crippen LogP contribution in [0.2, 0.25) is 0 Å². The summed E-state index contributed by atoms with van der Waals surface area (Å²) in [4.78, 5) is 13.5. The van der Waals surface area contributed by atoms with Crippen LogP contribution in [0.15, 0.2) is 0 Å². The van der Waals surface area contributed by atoms with Gasteiger partial charge >= 0.3 is 0 Å². The maximum atomic E-state index is 11.1. The molecule has 1 fully saturated rings. The van der Waals surface area contributed by atoms with Gasteiger partial charge in [0.05, 0.1) is 0 Å². The lowest BCUT2D eigenvalue weighted by atomic mass is 10.0. The predicted molar refractivity (Wildman–Crippen MR) is 61.3 cm³/mol. The molecule has 3 heteroatoms. The third-order valence-corrected chi connectivity index (χ3v) is 2.86. The van der Waals surface area contributed by atoms with E-state index in [0.717, 1.165) is 13.1 Å². The van der Waals surface area contributed by atoms with Gasteiger partial charge in [-0.05, 0) is 39.2 Å². The summed E-state index contributed by atoms with van der Waals surface area (Å²) in [5.74, 6) is 4.90. The third-order valence-electron chi connectivity index (χ3n) is 2.86. The van der Waals surface area contributed by atoms with Crippen LogP contribution in [0.4, 0.5) is 0 Å². The second-order valence-electron chi connectivity index (χ2n) is 4.01. The Kier molecular flexibility index (Phi) is 5.20. The van der Waals surface area contributed by atoms with Crippen molar-refractivity contribution in [2.75, 3.05) is 19.6 Å². The molecule has 0 spiro atoms. The number of hydrogen-bond donors (Lipinski definition) is 1. The fourth-order valence-corrected chi connectivity index (χ4v) is 1.96. The third kappa shape index (κ3) is 4.35. The molecule has 0 aromatic heterocycles. The molecule has 0 saturated carbocycles. The van der Waals surface area contributed by atoms with Crippen LogP contribution in [0.3, 0.4) is 0 Å². The Labute approximate surface area is 92.2 Å². The highest BCUT2D eigenvalue weighted by molar-refractivity contribution is 5.93. The fraction of sp³-hybridized carbons (Fsp3) is 0.750. The van der Waals surface area contributed by atoms with Crippen LogP contribution < -0.4 is 5.32 Å². The summed E-state index contributed by atoms with van der Waals surface area (Å²) < 4.78 is 0. The smallest absolute Gasteiger partial charge is 0.295 e. The second kappa shape index (κ2) is 6.47. The van der Waals surface area contributed by atoms with Crippen LogP contribution in [0.5, 0.6) is 0 Å². The summed E-state index contributed by atoms with van der Waals surface area (Å²) in [6.07, 6.45) is 3.90. The first-order chi connectivity index (χ1) is 7.24. The Morgan fingerprint density at radius 2 is 2.33 bits per heavy atom. The van der Waals surface area contributed by atoms with E-state index in [1.54, 1.807) is 6.92 Å². The van der Waals surface area contributed by atoms with Crippen molar-refractivity contribution < 1.29 is 4.79 Å². The van der Waals surface area contributed by atoms with Crippen molar-refractivity contribution in [2.45, 2.75) is 39.2 Å². The lowest BCUT2D eigenvalue weighted by molar-refractivity contribution is -0.115. The van der Waals surface area contributed by atoms with E-state index in [0.29, 0.717) is 12.6 Å². The molecule has 1 aliphatic rings. The molecule has 3 nitrogen and oxygen atoms in total. The van der Waals surface area contributed by atoms with Gasteiger partial charge < -0.3 is 5.32 Å². The Morgan fingerprint density at radius 1 is 1.53 bits per heavy atom. The molecule has 0 aromatic carbocycles. The minimum atomic E-state index is -0.165. The van der Waals surface area contributed by atoms with Crippen LogP contribution in [-0.2, 0) is 4.79 Å². The van der Waals surface area contributed by atoms with Gasteiger partial charge in [0.1, 0.15) is 0 Å². The van der Waals surface area contributed by atoms with Crippen molar-refractivity contribution in [1.29, 1.82) is 0 Å². The topological polar surface area (TPSA) is 32.3 Å². The first kappa shape index (κ1) is 12.1. The molecule has 1 aliphatic heterocycles. The number of nitrogens with zero attached hydrogens (tertiary/aromatic N) is 1. The number of rotatable bonds is 3. The van der Waals surface area contributed by atoms with Gasteiger partial charge in [0.2, 0.25) is 0 Å². The summed E-state index contributed by atoms with van der Waals surface area (Å²) >= 11 is 0. The minimum absolute atomic E-state index is 0.165. The molecular formula is C12H20N2O. The first-order valence-electron chi connectivity index (χ1n) is 5.68. The zero-order chi connectivity index (χ0) is 11.1. The average molecular weight is 208 g/mol. The van der Waals surface area contributed by atoms with Gasteiger partial charge in [-0.2, -0.15) is 0 Å². The zero-order valence-electron chi connectivity index (χ0n) is 9.68. The Bertz CT molecular complexity index is 265. The monoisotopic (exact) mass is 208 g/mol. The summed E-state index contributed by atoms with van der Waals surface area (Å²) in [7, 11) is 0. The molecule has 0 aliphatic carbocycles. The van der Waals surface area contributed by atoms with E-state index in [9.17, 15) is 4.79 Å². The van der Waals surface area contributed by atoms with Crippen molar-refractivity contribution in [1.82, 2.24) is 10.2 Å². The predicted octanol–water partition coefficient (Wildman–Crippen LogP) is 1.00. The maximum absolute atomic E-state index is 11.1. The molecule has 1 rings (SSSR count). The highest BCUT2D eigenvalue weighted by atomic mass is 16.1. The van der Waals surface area contributed by atoms with Crippen molar-refractivity contribution in [3.63, 3.8) is 0 Å². The van der Waals surface area contributed by atoms with Gasteiger partial charge in [0, 0.05) is 19.1 Å². The van der Waals surface area contributed by atoms with Crippen molar-refractivity contribution >= 4 is 5.91 Å². The van der Waals surface area contributed by atoms with Crippen molar-refractivity contribution in [2.24, 2.45) is 0 Å². The molecule has 1 atom stereocenters. The van der Waals surface area contributed by atoms with E-state index in [1.807, 2.05) is 0 Å². The van der Waals surface area contributed by atoms with E-state index < -0.39 is 0 Å². The summed E-state index contributed by atoms with van der Waals surface area (Å²) in [5, 5.41) is 2.80. The molecule has 15 heavy (non-hydrogen) atoms. The molecule has 1 saturated heterocycles. The fourth-order valence-electron chi connectivity index (χ4n) is 1.96. The Morgan fingerprint density at radius 3 is 3.00 bits per heavy atom. The van der Waals surface area contributed by atoms with Gasteiger partial charge in [-0.25, -0.2) is 0 Å². The minimum Gasteiger partial charge on any atom is -0.344 e. The van der Waals surface area contributed by atoms with Crippen LogP contribution in [0.25, 0.3) is 0 Å². The van der Waals surface area contributed by atoms with E-state index in [-0.39, 0.29) is 5.91 Å². The van der Waals surface area contributed by atoms with Crippen LogP contribution >= 0.6 is 0 Å². The molecule has 0 radical (unpaired) electrons. The Balaban J connectivity index is 2.17. The van der Waals surface area contributed by atoms with Gasteiger partial charge in [-0.3, -0.25) is 9.69 Å². The zero-order valence-corrected chi connectivity index (χ0v) is 9.68.